The van der Waals surface area contributed by atoms with Crippen molar-refractivity contribution in [2.45, 2.75) is 23.9 Å². The summed E-state index contributed by atoms with van der Waals surface area (Å²) in [5.41, 5.74) is 1.14. The number of thioether (sulfide) groups is 1. The molecule has 110 valence electrons. The third-order valence-corrected chi connectivity index (χ3v) is 4.54. The zero-order valence-electron chi connectivity index (χ0n) is 12.4. The summed E-state index contributed by atoms with van der Waals surface area (Å²) < 4.78 is 0. The van der Waals surface area contributed by atoms with E-state index in [1.165, 1.54) is 4.90 Å². The van der Waals surface area contributed by atoms with Gasteiger partial charge >= 0.3 is 6.03 Å². The molecule has 2 rings (SSSR count). The van der Waals surface area contributed by atoms with Gasteiger partial charge in [-0.2, -0.15) is 0 Å². The molecule has 0 saturated carbocycles. The first-order valence-corrected chi connectivity index (χ1v) is 8.14. The number of likely N-dealkylation sites (N-methyl/N-ethyl adjacent to an activating group) is 2. The van der Waals surface area contributed by atoms with E-state index in [0.29, 0.717) is 12.6 Å². The van der Waals surface area contributed by atoms with Crippen LogP contribution in [0.1, 0.15) is 12.0 Å². The van der Waals surface area contributed by atoms with Crippen LogP contribution in [0.4, 0.5) is 4.79 Å². The van der Waals surface area contributed by atoms with E-state index >= 15 is 0 Å². The quantitative estimate of drug-likeness (QED) is 0.865. The molecular weight excluding hydrogens is 270 g/mol. The van der Waals surface area contributed by atoms with Crippen LogP contribution >= 0.6 is 11.8 Å². The summed E-state index contributed by atoms with van der Waals surface area (Å²) in [6.45, 7) is 2.62. The molecule has 1 aromatic rings. The van der Waals surface area contributed by atoms with Crippen LogP contribution in [0.5, 0.6) is 0 Å². The first-order valence-electron chi connectivity index (χ1n) is 6.92. The monoisotopic (exact) mass is 293 g/mol. The number of hydrogen-bond acceptors (Lipinski definition) is 3. The average molecular weight is 293 g/mol. The van der Waals surface area contributed by atoms with E-state index in [9.17, 15) is 4.79 Å². The lowest BCUT2D eigenvalue weighted by atomic mass is 10.2. The Labute approximate surface area is 125 Å². The highest BCUT2D eigenvalue weighted by atomic mass is 32.2. The normalized spacial score (nSPS) is 19.1. The van der Waals surface area contributed by atoms with Gasteiger partial charge in [0.1, 0.15) is 0 Å². The molecule has 0 aromatic heterocycles. The van der Waals surface area contributed by atoms with Gasteiger partial charge in [-0.25, -0.2) is 4.79 Å². The lowest BCUT2D eigenvalue weighted by molar-refractivity contribution is 0.190. The van der Waals surface area contributed by atoms with Crippen molar-refractivity contribution in [3.8, 4) is 0 Å². The number of urea groups is 1. The van der Waals surface area contributed by atoms with Crippen molar-refractivity contribution in [1.82, 2.24) is 15.1 Å². The number of hydrogen-bond donors (Lipinski definition) is 1. The summed E-state index contributed by atoms with van der Waals surface area (Å²) in [4.78, 5) is 17.5. The zero-order chi connectivity index (χ0) is 14.5. The standard InChI is InChI=1S/C15H23N3OS/c1-17-8-7-13(11-17)18(2)15(19)16-10-12-5-4-6-14(9-12)20-3/h4-6,9,13H,7-8,10-11H2,1-3H3,(H,16,19)/t13-/m1/s1. The molecule has 1 atom stereocenters. The second kappa shape index (κ2) is 6.99. The van der Waals surface area contributed by atoms with Crippen LogP contribution in [-0.2, 0) is 6.54 Å². The first-order chi connectivity index (χ1) is 9.60. The second-order valence-electron chi connectivity index (χ2n) is 5.33. The SMILES string of the molecule is CSc1cccc(CNC(=O)N(C)[C@@H]2CCN(C)C2)c1. The molecule has 0 aliphatic carbocycles. The molecule has 1 saturated heterocycles. The van der Waals surface area contributed by atoms with Gasteiger partial charge in [0, 0.05) is 31.1 Å². The van der Waals surface area contributed by atoms with Crippen LogP contribution in [-0.4, -0.2) is 55.3 Å². The molecule has 1 heterocycles. The van der Waals surface area contributed by atoms with Crippen LogP contribution < -0.4 is 5.32 Å². The number of amides is 2. The lowest BCUT2D eigenvalue weighted by Gasteiger charge is -2.24. The van der Waals surface area contributed by atoms with Crippen molar-refractivity contribution in [3.63, 3.8) is 0 Å². The Morgan fingerprint density at radius 2 is 2.35 bits per heavy atom. The first kappa shape index (κ1) is 15.2. The number of likely N-dealkylation sites (tertiary alicyclic amines) is 1. The van der Waals surface area contributed by atoms with E-state index in [0.717, 1.165) is 25.1 Å². The topological polar surface area (TPSA) is 35.6 Å². The predicted molar refractivity (Wildman–Crippen MR) is 84.1 cm³/mol. The van der Waals surface area contributed by atoms with Crippen LogP contribution in [0.25, 0.3) is 0 Å². The summed E-state index contributed by atoms with van der Waals surface area (Å²) in [7, 11) is 3.98. The highest BCUT2D eigenvalue weighted by Gasteiger charge is 2.26. The number of carbonyl (C=O) groups excluding carboxylic acids is 1. The fourth-order valence-corrected chi connectivity index (χ4v) is 2.96. The minimum atomic E-state index is 0.0138. The molecule has 5 heteroatoms. The summed E-state index contributed by atoms with van der Waals surface area (Å²) >= 11 is 1.72. The van der Waals surface area contributed by atoms with E-state index in [1.54, 1.807) is 11.8 Å². The Morgan fingerprint density at radius 3 is 3.00 bits per heavy atom. The maximum absolute atomic E-state index is 12.2. The Morgan fingerprint density at radius 1 is 1.55 bits per heavy atom. The van der Waals surface area contributed by atoms with Gasteiger partial charge in [0.15, 0.2) is 0 Å². The van der Waals surface area contributed by atoms with E-state index < -0.39 is 0 Å². The van der Waals surface area contributed by atoms with Crippen molar-refractivity contribution >= 4 is 17.8 Å². The Hall–Kier alpha value is -1.20. The largest absolute Gasteiger partial charge is 0.334 e. The molecule has 4 nitrogen and oxygen atoms in total. The van der Waals surface area contributed by atoms with E-state index in [-0.39, 0.29) is 6.03 Å². The number of nitrogens with zero attached hydrogens (tertiary/aromatic N) is 2. The number of carbonyl (C=O) groups is 1. The van der Waals surface area contributed by atoms with Gasteiger partial charge < -0.3 is 15.1 Å². The lowest BCUT2D eigenvalue weighted by Crippen LogP contribution is -2.44. The van der Waals surface area contributed by atoms with Gasteiger partial charge in [-0.3, -0.25) is 0 Å². The summed E-state index contributed by atoms with van der Waals surface area (Å²) in [6, 6.07) is 8.62. The molecule has 0 radical (unpaired) electrons. The maximum atomic E-state index is 12.2. The Bertz CT molecular complexity index is 466. The second-order valence-corrected chi connectivity index (χ2v) is 6.21. The highest BCUT2D eigenvalue weighted by Crippen LogP contribution is 2.16. The van der Waals surface area contributed by atoms with E-state index in [2.05, 4.69) is 35.7 Å². The Balaban J connectivity index is 1.85. The summed E-state index contributed by atoms with van der Waals surface area (Å²) in [5.74, 6) is 0. The van der Waals surface area contributed by atoms with Crippen LogP contribution in [0.15, 0.2) is 29.2 Å². The number of rotatable bonds is 4. The van der Waals surface area contributed by atoms with Gasteiger partial charge in [0.05, 0.1) is 0 Å². The van der Waals surface area contributed by atoms with Gasteiger partial charge in [-0.05, 0) is 44.0 Å². The zero-order valence-corrected chi connectivity index (χ0v) is 13.2. The van der Waals surface area contributed by atoms with Gasteiger partial charge in [0.25, 0.3) is 0 Å². The van der Waals surface area contributed by atoms with Gasteiger partial charge in [-0.15, -0.1) is 11.8 Å². The molecule has 0 spiro atoms. The molecular formula is C15H23N3OS. The van der Waals surface area contributed by atoms with Crippen LogP contribution in [0, 0.1) is 0 Å². The minimum Gasteiger partial charge on any atom is -0.334 e. The van der Waals surface area contributed by atoms with E-state index in [4.69, 9.17) is 0 Å². The fourth-order valence-electron chi connectivity index (χ4n) is 2.48. The molecule has 1 aromatic carbocycles. The third kappa shape index (κ3) is 3.90. The molecule has 0 bridgehead atoms. The van der Waals surface area contributed by atoms with Crippen molar-refractivity contribution in [2.24, 2.45) is 0 Å². The van der Waals surface area contributed by atoms with Crippen molar-refractivity contribution < 1.29 is 4.79 Å². The minimum absolute atomic E-state index is 0.0138. The predicted octanol–water partition coefficient (Wildman–Crippen LogP) is 2.25. The molecule has 1 fully saturated rings. The van der Waals surface area contributed by atoms with Crippen molar-refractivity contribution in [3.05, 3.63) is 29.8 Å². The molecule has 0 unspecified atom stereocenters. The molecule has 20 heavy (non-hydrogen) atoms. The van der Waals surface area contributed by atoms with Crippen molar-refractivity contribution in [2.75, 3.05) is 33.4 Å². The molecule has 1 N–H and O–H groups in total. The number of nitrogens with one attached hydrogen (secondary N) is 1. The Kier molecular flexibility index (Phi) is 5.31. The van der Waals surface area contributed by atoms with Gasteiger partial charge in [0.2, 0.25) is 0 Å². The van der Waals surface area contributed by atoms with Gasteiger partial charge in [-0.1, -0.05) is 12.1 Å². The van der Waals surface area contributed by atoms with Crippen molar-refractivity contribution in [1.29, 1.82) is 0 Å². The smallest absolute Gasteiger partial charge is 0.317 e. The highest BCUT2D eigenvalue weighted by molar-refractivity contribution is 7.98. The summed E-state index contributed by atoms with van der Waals surface area (Å²) in [6.07, 6.45) is 3.12. The summed E-state index contributed by atoms with van der Waals surface area (Å²) in [5, 5.41) is 3.00. The molecule has 1 aliphatic rings. The molecule has 2 amide bonds. The van der Waals surface area contributed by atoms with Crippen LogP contribution in [0.2, 0.25) is 0 Å². The van der Waals surface area contributed by atoms with Crippen LogP contribution in [0.3, 0.4) is 0 Å². The van der Waals surface area contributed by atoms with E-state index in [1.807, 2.05) is 24.1 Å². The number of benzene rings is 1. The fraction of sp³-hybridized carbons (Fsp3) is 0.533. The molecule has 1 aliphatic heterocycles. The third-order valence-electron chi connectivity index (χ3n) is 3.81. The average Bonchev–Trinajstić information content (AvgIpc) is 2.90. The maximum Gasteiger partial charge on any atom is 0.317 e.